The van der Waals surface area contributed by atoms with Crippen LogP contribution in [-0.4, -0.2) is 15.0 Å². The summed E-state index contributed by atoms with van der Waals surface area (Å²) in [4.78, 5) is 23.4. The Labute approximate surface area is 160 Å². The number of rotatable bonds is 4. The van der Waals surface area contributed by atoms with Crippen molar-refractivity contribution < 1.29 is 4.74 Å². The fourth-order valence-electron chi connectivity index (χ4n) is 3.39. The van der Waals surface area contributed by atoms with Crippen LogP contribution in [0.25, 0.3) is 33.2 Å². The number of H-pyrrole nitrogens is 2. The quantitative estimate of drug-likeness (QED) is 0.486. The lowest BCUT2D eigenvalue weighted by atomic mass is 10.1. The largest absolute Gasteiger partial charge is 0.487 e. The van der Waals surface area contributed by atoms with Crippen LogP contribution >= 0.6 is 0 Å². The van der Waals surface area contributed by atoms with E-state index in [0.717, 1.165) is 38.8 Å². The molecule has 0 atom stereocenters. The SMILES string of the molecule is O=c1[nH]c2ccccc2nc1-c1c[nH]c2c(OCc3ccccc3)cccc12. The summed E-state index contributed by atoms with van der Waals surface area (Å²) in [7, 11) is 0. The van der Waals surface area contributed by atoms with Crippen LogP contribution in [-0.2, 0) is 6.61 Å². The third-order valence-corrected chi connectivity index (χ3v) is 4.77. The van der Waals surface area contributed by atoms with Crippen molar-refractivity contribution in [3.8, 4) is 17.0 Å². The Morgan fingerprint density at radius 3 is 2.61 bits per heavy atom. The average Bonchev–Trinajstić information content (AvgIpc) is 3.17. The Bertz CT molecular complexity index is 1340. The average molecular weight is 367 g/mol. The van der Waals surface area contributed by atoms with Crippen molar-refractivity contribution in [2.75, 3.05) is 0 Å². The minimum atomic E-state index is -0.213. The van der Waals surface area contributed by atoms with Gasteiger partial charge in [0.2, 0.25) is 0 Å². The van der Waals surface area contributed by atoms with Gasteiger partial charge in [-0.1, -0.05) is 54.6 Å². The highest BCUT2D eigenvalue weighted by Crippen LogP contribution is 2.32. The topological polar surface area (TPSA) is 70.8 Å². The number of para-hydroxylation sites is 3. The fraction of sp³-hybridized carbons (Fsp3) is 0.0435. The molecular weight excluding hydrogens is 350 g/mol. The molecule has 0 unspecified atom stereocenters. The molecule has 0 aliphatic carbocycles. The summed E-state index contributed by atoms with van der Waals surface area (Å²) in [6, 6.07) is 23.3. The van der Waals surface area contributed by atoms with E-state index in [2.05, 4.69) is 15.0 Å². The Morgan fingerprint density at radius 1 is 0.893 bits per heavy atom. The zero-order valence-electron chi connectivity index (χ0n) is 15.0. The maximum absolute atomic E-state index is 12.6. The molecule has 2 aromatic heterocycles. The van der Waals surface area contributed by atoms with E-state index in [4.69, 9.17) is 4.74 Å². The van der Waals surface area contributed by atoms with Crippen LogP contribution in [0.15, 0.2) is 83.8 Å². The molecule has 0 spiro atoms. The number of nitrogens with zero attached hydrogens (tertiary/aromatic N) is 1. The molecule has 0 amide bonds. The van der Waals surface area contributed by atoms with Crippen LogP contribution in [0.1, 0.15) is 5.56 Å². The summed E-state index contributed by atoms with van der Waals surface area (Å²) in [6.45, 7) is 0.475. The number of benzene rings is 3. The van der Waals surface area contributed by atoms with Gasteiger partial charge in [-0.25, -0.2) is 4.98 Å². The first-order valence-corrected chi connectivity index (χ1v) is 9.06. The molecule has 5 heteroatoms. The smallest absolute Gasteiger partial charge is 0.275 e. The summed E-state index contributed by atoms with van der Waals surface area (Å²) < 4.78 is 6.02. The highest BCUT2D eigenvalue weighted by Gasteiger charge is 2.14. The molecule has 136 valence electrons. The van der Waals surface area contributed by atoms with E-state index < -0.39 is 0 Å². The Kier molecular flexibility index (Phi) is 3.91. The van der Waals surface area contributed by atoms with Crippen molar-refractivity contribution >= 4 is 21.9 Å². The molecule has 0 aliphatic heterocycles. The van der Waals surface area contributed by atoms with Gasteiger partial charge in [0.25, 0.3) is 5.56 Å². The molecule has 0 aliphatic rings. The lowest BCUT2D eigenvalue weighted by molar-refractivity contribution is 0.309. The van der Waals surface area contributed by atoms with Gasteiger partial charge in [0.05, 0.1) is 16.6 Å². The van der Waals surface area contributed by atoms with Crippen molar-refractivity contribution in [3.05, 3.63) is 94.9 Å². The number of hydrogen-bond acceptors (Lipinski definition) is 3. The first-order valence-electron chi connectivity index (χ1n) is 9.06. The molecule has 5 nitrogen and oxygen atoms in total. The Morgan fingerprint density at radius 2 is 1.71 bits per heavy atom. The van der Waals surface area contributed by atoms with Crippen LogP contribution in [0.5, 0.6) is 5.75 Å². The van der Waals surface area contributed by atoms with Crippen molar-refractivity contribution in [1.82, 2.24) is 15.0 Å². The molecular formula is C23H17N3O2. The third kappa shape index (κ3) is 2.83. The van der Waals surface area contributed by atoms with Crippen molar-refractivity contribution in [2.24, 2.45) is 0 Å². The highest BCUT2D eigenvalue weighted by atomic mass is 16.5. The minimum absolute atomic E-state index is 0.213. The molecule has 0 bridgehead atoms. The molecule has 2 heterocycles. The first kappa shape index (κ1) is 16.3. The number of hydrogen-bond donors (Lipinski definition) is 2. The minimum Gasteiger partial charge on any atom is -0.487 e. The van der Waals surface area contributed by atoms with Gasteiger partial charge in [0.15, 0.2) is 0 Å². The standard InChI is InChI=1S/C23H17N3O2/c27-23-22(25-18-10-4-5-11-19(18)26-23)17-13-24-21-16(17)9-6-12-20(21)28-14-15-7-2-1-3-8-15/h1-13,24H,14H2,(H,26,27). The molecule has 5 rings (SSSR count). The number of nitrogens with one attached hydrogen (secondary N) is 2. The predicted octanol–water partition coefficient (Wildman–Crippen LogP) is 4.65. The molecule has 0 saturated carbocycles. The van der Waals surface area contributed by atoms with E-state index in [1.807, 2.05) is 79.0 Å². The van der Waals surface area contributed by atoms with E-state index in [0.29, 0.717) is 12.3 Å². The molecule has 0 radical (unpaired) electrons. The van der Waals surface area contributed by atoms with Crippen LogP contribution in [0.3, 0.4) is 0 Å². The van der Waals surface area contributed by atoms with Gasteiger partial charge in [-0.05, 0) is 23.8 Å². The normalized spacial score (nSPS) is 11.1. The Hall–Kier alpha value is -3.86. The summed E-state index contributed by atoms with van der Waals surface area (Å²) in [5.74, 6) is 0.741. The predicted molar refractivity (Wildman–Crippen MR) is 110 cm³/mol. The monoisotopic (exact) mass is 367 g/mol. The summed E-state index contributed by atoms with van der Waals surface area (Å²) >= 11 is 0. The molecule has 3 aromatic carbocycles. The second-order valence-corrected chi connectivity index (χ2v) is 6.59. The highest BCUT2D eigenvalue weighted by molar-refractivity contribution is 5.98. The number of aromatic amines is 2. The van der Waals surface area contributed by atoms with Gasteiger partial charge in [-0.3, -0.25) is 4.79 Å². The second kappa shape index (κ2) is 6.70. The zero-order valence-corrected chi connectivity index (χ0v) is 15.0. The van der Waals surface area contributed by atoms with E-state index in [1.165, 1.54) is 0 Å². The molecule has 0 fully saturated rings. The Balaban J connectivity index is 1.57. The van der Waals surface area contributed by atoms with Gasteiger partial charge in [-0.2, -0.15) is 0 Å². The molecule has 5 aromatic rings. The lowest BCUT2D eigenvalue weighted by Crippen LogP contribution is -2.11. The van der Waals surface area contributed by atoms with E-state index in [-0.39, 0.29) is 5.56 Å². The maximum Gasteiger partial charge on any atom is 0.275 e. The van der Waals surface area contributed by atoms with Crippen LogP contribution in [0, 0.1) is 0 Å². The van der Waals surface area contributed by atoms with E-state index in [9.17, 15) is 4.79 Å². The molecule has 28 heavy (non-hydrogen) atoms. The van der Waals surface area contributed by atoms with Crippen molar-refractivity contribution in [1.29, 1.82) is 0 Å². The maximum atomic E-state index is 12.6. The van der Waals surface area contributed by atoms with Gasteiger partial charge in [0, 0.05) is 17.1 Å². The van der Waals surface area contributed by atoms with Gasteiger partial charge in [0.1, 0.15) is 18.1 Å². The van der Waals surface area contributed by atoms with Gasteiger partial charge >= 0.3 is 0 Å². The van der Waals surface area contributed by atoms with Crippen molar-refractivity contribution in [2.45, 2.75) is 6.61 Å². The fourth-order valence-corrected chi connectivity index (χ4v) is 3.39. The van der Waals surface area contributed by atoms with E-state index >= 15 is 0 Å². The third-order valence-electron chi connectivity index (χ3n) is 4.77. The van der Waals surface area contributed by atoms with Gasteiger partial charge in [-0.15, -0.1) is 0 Å². The zero-order chi connectivity index (χ0) is 18.9. The second-order valence-electron chi connectivity index (χ2n) is 6.59. The van der Waals surface area contributed by atoms with Crippen LogP contribution in [0.2, 0.25) is 0 Å². The van der Waals surface area contributed by atoms with Gasteiger partial charge < -0.3 is 14.7 Å². The van der Waals surface area contributed by atoms with Crippen molar-refractivity contribution in [3.63, 3.8) is 0 Å². The summed E-state index contributed by atoms with van der Waals surface area (Å²) in [5.41, 5.74) is 4.36. The van der Waals surface area contributed by atoms with Crippen LogP contribution < -0.4 is 10.3 Å². The summed E-state index contributed by atoms with van der Waals surface area (Å²) in [6.07, 6.45) is 1.81. The molecule has 2 N–H and O–H groups in total. The number of aromatic nitrogens is 3. The number of fused-ring (bicyclic) bond motifs is 2. The lowest BCUT2D eigenvalue weighted by Gasteiger charge is -2.08. The summed E-state index contributed by atoms with van der Waals surface area (Å²) in [5, 5.41) is 0.902. The molecule has 0 saturated heterocycles. The first-order chi connectivity index (χ1) is 13.8. The van der Waals surface area contributed by atoms with E-state index in [1.54, 1.807) is 0 Å². The number of ether oxygens (including phenoxy) is 1. The van der Waals surface area contributed by atoms with Crippen LogP contribution in [0.4, 0.5) is 0 Å².